The van der Waals surface area contributed by atoms with Gasteiger partial charge in [0.1, 0.15) is 0 Å². The van der Waals surface area contributed by atoms with E-state index in [1.807, 2.05) is 4.90 Å². The lowest BCUT2D eigenvalue weighted by Crippen LogP contribution is -2.64. The van der Waals surface area contributed by atoms with E-state index in [1.54, 1.807) is 11.8 Å². The molecule has 0 aromatic carbocycles. The average Bonchev–Trinajstić information content (AvgIpc) is 2.87. The van der Waals surface area contributed by atoms with Crippen LogP contribution in [-0.2, 0) is 4.79 Å². The van der Waals surface area contributed by atoms with Crippen LogP contribution in [0.25, 0.3) is 0 Å². The Kier molecular flexibility index (Phi) is 2.93. The summed E-state index contributed by atoms with van der Waals surface area (Å²) >= 11 is 1.80. The maximum absolute atomic E-state index is 12.7. The Bertz CT molecular complexity index is 422. The average molecular weight is 296 g/mol. The minimum atomic E-state index is -0.526. The molecule has 5 fully saturated rings. The van der Waals surface area contributed by atoms with Crippen molar-refractivity contribution in [1.29, 1.82) is 0 Å². The van der Waals surface area contributed by atoms with E-state index in [1.165, 1.54) is 6.42 Å². The van der Waals surface area contributed by atoms with Crippen LogP contribution in [0.4, 0.5) is 0 Å². The molecule has 5 heteroatoms. The summed E-state index contributed by atoms with van der Waals surface area (Å²) in [6, 6.07) is -0.404. The van der Waals surface area contributed by atoms with Gasteiger partial charge in [0.15, 0.2) is 0 Å². The number of carbonyl (C=O) groups excluding carboxylic acids is 1. The van der Waals surface area contributed by atoms with Gasteiger partial charge in [0.05, 0.1) is 17.5 Å². The number of nitrogens with zero attached hydrogens (tertiary/aromatic N) is 1. The third-order valence-corrected chi connectivity index (χ3v) is 7.03. The van der Waals surface area contributed by atoms with Crippen molar-refractivity contribution in [3.63, 3.8) is 0 Å². The highest BCUT2D eigenvalue weighted by atomic mass is 32.2. The van der Waals surface area contributed by atoms with Gasteiger partial charge in [-0.15, -0.1) is 11.8 Å². The van der Waals surface area contributed by atoms with Crippen LogP contribution in [0.3, 0.4) is 0 Å². The van der Waals surface area contributed by atoms with E-state index in [9.17, 15) is 9.90 Å². The molecule has 4 nitrogen and oxygen atoms in total. The first kappa shape index (κ1) is 13.4. The number of amides is 1. The molecule has 112 valence electrons. The normalized spacial score (nSPS) is 47.8. The Morgan fingerprint density at radius 3 is 2.55 bits per heavy atom. The van der Waals surface area contributed by atoms with E-state index in [0.717, 1.165) is 50.3 Å². The van der Waals surface area contributed by atoms with Gasteiger partial charge in [0, 0.05) is 12.3 Å². The molecule has 1 amide bonds. The Balaban J connectivity index is 1.59. The molecule has 0 spiro atoms. The summed E-state index contributed by atoms with van der Waals surface area (Å²) in [5.74, 6) is 3.13. The Labute approximate surface area is 124 Å². The summed E-state index contributed by atoms with van der Waals surface area (Å²) in [6.45, 7) is 0.838. The van der Waals surface area contributed by atoms with Crippen LogP contribution < -0.4 is 5.73 Å². The van der Waals surface area contributed by atoms with E-state index in [2.05, 4.69) is 0 Å². The molecule has 5 aliphatic rings. The minimum Gasteiger partial charge on any atom is -0.390 e. The van der Waals surface area contributed by atoms with Crippen molar-refractivity contribution in [1.82, 2.24) is 4.90 Å². The second-order valence-corrected chi connectivity index (χ2v) is 8.74. The van der Waals surface area contributed by atoms with Gasteiger partial charge in [-0.25, -0.2) is 0 Å². The van der Waals surface area contributed by atoms with E-state index in [4.69, 9.17) is 5.73 Å². The molecule has 0 radical (unpaired) electrons. The molecule has 5 rings (SSSR count). The highest BCUT2D eigenvalue weighted by Gasteiger charge is 2.60. The summed E-state index contributed by atoms with van der Waals surface area (Å²) in [5, 5.41) is 10.8. The first-order valence-corrected chi connectivity index (χ1v) is 9.00. The van der Waals surface area contributed by atoms with E-state index < -0.39 is 11.6 Å². The van der Waals surface area contributed by atoms with Crippen molar-refractivity contribution < 1.29 is 9.90 Å². The number of hydrogen-bond donors (Lipinski definition) is 2. The van der Waals surface area contributed by atoms with Crippen molar-refractivity contribution in [2.75, 3.05) is 18.2 Å². The van der Waals surface area contributed by atoms with Crippen molar-refractivity contribution in [2.45, 2.75) is 50.2 Å². The monoisotopic (exact) mass is 296 g/mol. The van der Waals surface area contributed by atoms with Crippen LogP contribution >= 0.6 is 11.8 Å². The lowest BCUT2D eigenvalue weighted by molar-refractivity contribution is -0.176. The third kappa shape index (κ3) is 1.93. The Hall–Kier alpha value is -0.260. The van der Waals surface area contributed by atoms with Crippen LogP contribution in [0.15, 0.2) is 0 Å². The fourth-order valence-electron chi connectivity index (χ4n) is 5.69. The molecule has 0 aromatic rings. The summed E-state index contributed by atoms with van der Waals surface area (Å²) in [5.41, 5.74) is 5.80. The first-order valence-electron chi connectivity index (χ1n) is 7.84. The summed E-state index contributed by atoms with van der Waals surface area (Å²) < 4.78 is 0. The van der Waals surface area contributed by atoms with Gasteiger partial charge in [-0.2, -0.15) is 0 Å². The molecule has 3 atom stereocenters. The second-order valence-electron chi connectivity index (χ2n) is 7.66. The van der Waals surface area contributed by atoms with E-state index in [-0.39, 0.29) is 11.3 Å². The summed E-state index contributed by atoms with van der Waals surface area (Å²) in [4.78, 5) is 14.6. The largest absolute Gasteiger partial charge is 0.390 e. The smallest absolute Gasteiger partial charge is 0.240 e. The molecule has 4 aliphatic carbocycles. The predicted molar refractivity (Wildman–Crippen MR) is 79.1 cm³/mol. The summed E-state index contributed by atoms with van der Waals surface area (Å²) in [6.07, 6.45) is 5.97. The maximum Gasteiger partial charge on any atom is 0.240 e. The van der Waals surface area contributed by atoms with Gasteiger partial charge in [-0.05, 0) is 55.8 Å². The molecule has 4 bridgehead atoms. The number of hydrogen-bond acceptors (Lipinski definition) is 4. The molecule has 1 heterocycles. The van der Waals surface area contributed by atoms with Crippen LogP contribution in [0, 0.1) is 17.3 Å². The lowest BCUT2D eigenvalue weighted by atomic mass is 9.46. The highest BCUT2D eigenvalue weighted by Crippen LogP contribution is 2.62. The number of aliphatic hydroxyl groups is 1. The van der Waals surface area contributed by atoms with Crippen LogP contribution in [0.2, 0.25) is 0 Å². The van der Waals surface area contributed by atoms with Crippen LogP contribution in [-0.4, -0.2) is 45.7 Å². The molecular weight excluding hydrogens is 272 g/mol. The topological polar surface area (TPSA) is 66.6 Å². The van der Waals surface area contributed by atoms with E-state index in [0.29, 0.717) is 11.8 Å². The molecule has 1 aliphatic heterocycles. The molecule has 1 saturated heterocycles. The lowest BCUT2D eigenvalue weighted by Gasteiger charge is -2.61. The maximum atomic E-state index is 12.7. The fraction of sp³-hybridized carbons (Fsp3) is 0.933. The van der Waals surface area contributed by atoms with Crippen LogP contribution in [0.1, 0.15) is 38.5 Å². The highest BCUT2D eigenvalue weighted by molar-refractivity contribution is 7.99. The predicted octanol–water partition coefficient (Wildman–Crippen LogP) is 1.18. The molecule has 20 heavy (non-hydrogen) atoms. The summed E-state index contributed by atoms with van der Waals surface area (Å²) in [7, 11) is 0. The number of rotatable bonds is 2. The van der Waals surface area contributed by atoms with Gasteiger partial charge < -0.3 is 15.7 Å². The molecule has 0 aromatic heterocycles. The standard InChI is InChI=1S/C15H24N2O2S/c16-12(13(18)17-1-2-20-9-17)14-4-10-3-11(5-14)7-15(19,6-10)8-14/h10-12,19H,1-9,16H2. The molecule has 3 unspecified atom stereocenters. The van der Waals surface area contributed by atoms with E-state index >= 15 is 0 Å². The Morgan fingerprint density at radius 2 is 2.00 bits per heavy atom. The molecule has 4 saturated carbocycles. The van der Waals surface area contributed by atoms with Gasteiger partial charge in [0.25, 0.3) is 0 Å². The quantitative estimate of drug-likeness (QED) is 0.803. The van der Waals surface area contributed by atoms with Gasteiger partial charge in [-0.1, -0.05) is 0 Å². The van der Waals surface area contributed by atoms with Gasteiger partial charge >= 0.3 is 0 Å². The zero-order valence-electron chi connectivity index (χ0n) is 11.9. The SMILES string of the molecule is NC(C(=O)N1CCSC1)C12CC3CC(CC(O)(C3)C1)C2. The van der Waals surface area contributed by atoms with Crippen molar-refractivity contribution in [2.24, 2.45) is 23.0 Å². The molecule has 3 N–H and O–H groups in total. The Morgan fingerprint density at radius 1 is 1.30 bits per heavy atom. The fourth-order valence-corrected chi connectivity index (χ4v) is 6.65. The van der Waals surface area contributed by atoms with Crippen molar-refractivity contribution >= 4 is 17.7 Å². The zero-order valence-corrected chi connectivity index (χ0v) is 12.7. The second kappa shape index (κ2) is 4.37. The first-order chi connectivity index (χ1) is 9.50. The minimum absolute atomic E-state index is 0.122. The third-order valence-electron chi connectivity index (χ3n) is 6.07. The number of thioether (sulfide) groups is 1. The number of nitrogens with two attached hydrogens (primary N) is 1. The van der Waals surface area contributed by atoms with Crippen molar-refractivity contribution in [3.05, 3.63) is 0 Å². The molecular formula is C15H24N2O2S. The zero-order chi connectivity index (χ0) is 14.0. The number of carbonyl (C=O) groups is 1. The van der Waals surface area contributed by atoms with Crippen molar-refractivity contribution in [3.8, 4) is 0 Å². The van der Waals surface area contributed by atoms with Gasteiger partial charge in [-0.3, -0.25) is 4.79 Å². The van der Waals surface area contributed by atoms with Gasteiger partial charge in [0.2, 0.25) is 5.91 Å². The van der Waals surface area contributed by atoms with Crippen LogP contribution in [0.5, 0.6) is 0 Å².